The Bertz CT molecular complexity index is 2550. The van der Waals surface area contributed by atoms with E-state index in [0.29, 0.717) is 17.5 Å². The molecule has 1 heterocycles. The molecule has 0 aliphatic rings. The Morgan fingerprint density at radius 2 is 0.481 bits per heavy atom. The van der Waals surface area contributed by atoms with Gasteiger partial charge in [0.2, 0.25) is 0 Å². The third-order valence-electron chi connectivity index (χ3n) is 9.76. The highest BCUT2D eigenvalue weighted by atomic mass is 15.0. The maximum Gasteiger partial charge on any atom is 0.164 e. The van der Waals surface area contributed by atoms with Crippen LogP contribution in [0.1, 0.15) is 0 Å². The van der Waals surface area contributed by atoms with Gasteiger partial charge in [-0.15, -0.1) is 0 Å². The average molecular weight is 690 g/mol. The first-order valence-corrected chi connectivity index (χ1v) is 18.2. The van der Waals surface area contributed by atoms with E-state index < -0.39 is 0 Å². The SMILES string of the molecule is c1ccc(-c2ccc(-c3cc(-c4ccc(-c5ccccc5)cc4)cc(-c4nc(-c5ccccc5)nc(-c5ccccc5-c5ccccc5)n4)c3)cc2)cc1. The van der Waals surface area contributed by atoms with E-state index in [0.717, 1.165) is 50.1 Å². The minimum atomic E-state index is 0.617. The minimum Gasteiger partial charge on any atom is -0.208 e. The van der Waals surface area contributed by atoms with Crippen LogP contribution in [0.2, 0.25) is 0 Å². The molecule has 0 spiro atoms. The molecule has 254 valence electrons. The number of rotatable bonds is 8. The Hall–Kier alpha value is -7.23. The second-order valence-corrected chi connectivity index (χ2v) is 13.3. The van der Waals surface area contributed by atoms with Crippen molar-refractivity contribution in [3.63, 3.8) is 0 Å². The van der Waals surface area contributed by atoms with Crippen molar-refractivity contribution in [3.8, 4) is 89.8 Å². The van der Waals surface area contributed by atoms with Crippen molar-refractivity contribution < 1.29 is 0 Å². The first kappa shape index (κ1) is 32.7. The van der Waals surface area contributed by atoms with Gasteiger partial charge in [0.25, 0.3) is 0 Å². The second-order valence-electron chi connectivity index (χ2n) is 13.3. The van der Waals surface area contributed by atoms with Crippen molar-refractivity contribution in [2.24, 2.45) is 0 Å². The molecule has 0 bridgehead atoms. The fourth-order valence-corrected chi connectivity index (χ4v) is 6.95. The summed E-state index contributed by atoms with van der Waals surface area (Å²) in [5.74, 6) is 1.88. The monoisotopic (exact) mass is 689 g/mol. The van der Waals surface area contributed by atoms with Crippen LogP contribution in [-0.2, 0) is 0 Å². The van der Waals surface area contributed by atoms with Gasteiger partial charge in [-0.05, 0) is 73.8 Å². The lowest BCUT2D eigenvalue weighted by atomic mass is 9.93. The number of benzene rings is 8. The molecule has 9 rings (SSSR count). The van der Waals surface area contributed by atoms with Crippen LogP contribution in [0, 0.1) is 0 Å². The van der Waals surface area contributed by atoms with Gasteiger partial charge in [0.15, 0.2) is 17.5 Å². The maximum atomic E-state index is 5.24. The van der Waals surface area contributed by atoms with E-state index in [4.69, 9.17) is 15.0 Å². The Kier molecular flexibility index (Phi) is 8.94. The number of nitrogens with zero attached hydrogens (tertiary/aromatic N) is 3. The van der Waals surface area contributed by atoms with E-state index in [2.05, 4.69) is 170 Å². The van der Waals surface area contributed by atoms with E-state index in [1.807, 2.05) is 42.5 Å². The lowest BCUT2D eigenvalue weighted by Crippen LogP contribution is -2.01. The van der Waals surface area contributed by atoms with Crippen LogP contribution in [0.4, 0.5) is 0 Å². The quantitative estimate of drug-likeness (QED) is 0.159. The summed E-state index contributed by atoms with van der Waals surface area (Å²) in [6.07, 6.45) is 0. The highest BCUT2D eigenvalue weighted by Crippen LogP contribution is 2.36. The molecule has 0 radical (unpaired) electrons. The molecule has 0 fully saturated rings. The van der Waals surface area contributed by atoms with Crippen molar-refractivity contribution in [2.75, 3.05) is 0 Å². The van der Waals surface area contributed by atoms with E-state index >= 15 is 0 Å². The molecule has 0 amide bonds. The molecule has 3 nitrogen and oxygen atoms in total. The number of hydrogen-bond donors (Lipinski definition) is 0. The fraction of sp³-hybridized carbons (Fsp3) is 0. The Morgan fingerprint density at radius 1 is 0.185 bits per heavy atom. The van der Waals surface area contributed by atoms with Crippen LogP contribution >= 0.6 is 0 Å². The summed E-state index contributed by atoms with van der Waals surface area (Å²) in [5.41, 5.74) is 14.1. The van der Waals surface area contributed by atoms with Gasteiger partial charge in [-0.2, -0.15) is 0 Å². The molecule has 54 heavy (non-hydrogen) atoms. The second kappa shape index (κ2) is 14.8. The molecule has 0 saturated heterocycles. The third-order valence-corrected chi connectivity index (χ3v) is 9.76. The molecular formula is C51H35N3. The average Bonchev–Trinajstić information content (AvgIpc) is 3.27. The van der Waals surface area contributed by atoms with Crippen LogP contribution in [0.15, 0.2) is 212 Å². The van der Waals surface area contributed by atoms with Gasteiger partial charge in [0.1, 0.15) is 0 Å². The zero-order valence-electron chi connectivity index (χ0n) is 29.5. The highest BCUT2D eigenvalue weighted by molar-refractivity contribution is 5.84. The first-order chi connectivity index (χ1) is 26.7. The molecule has 1 aromatic heterocycles. The van der Waals surface area contributed by atoms with Gasteiger partial charge in [0.05, 0.1) is 0 Å². The normalized spacial score (nSPS) is 11.0. The van der Waals surface area contributed by atoms with Crippen molar-refractivity contribution in [2.45, 2.75) is 0 Å². The lowest BCUT2D eigenvalue weighted by Gasteiger charge is -2.14. The predicted octanol–water partition coefficient (Wildman–Crippen LogP) is 13.2. The van der Waals surface area contributed by atoms with Gasteiger partial charge in [-0.1, -0.05) is 194 Å². The summed E-state index contributed by atoms with van der Waals surface area (Å²) in [5, 5.41) is 0. The molecular weight excluding hydrogens is 655 g/mol. The summed E-state index contributed by atoms with van der Waals surface area (Å²) < 4.78 is 0. The number of aromatic nitrogens is 3. The smallest absolute Gasteiger partial charge is 0.164 e. The third kappa shape index (κ3) is 6.87. The van der Waals surface area contributed by atoms with Crippen LogP contribution in [0.3, 0.4) is 0 Å². The van der Waals surface area contributed by atoms with Gasteiger partial charge in [-0.3, -0.25) is 0 Å². The number of hydrogen-bond acceptors (Lipinski definition) is 3. The van der Waals surface area contributed by atoms with Crippen LogP contribution in [0.25, 0.3) is 89.8 Å². The summed E-state index contributed by atoms with van der Waals surface area (Å²) in [6.45, 7) is 0. The molecule has 0 aliphatic heterocycles. The zero-order valence-corrected chi connectivity index (χ0v) is 29.5. The van der Waals surface area contributed by atoms with Crippen molar-refractivity contribution >= 4 is 0 Å². The molecule has 0 saturated carbocycles. The predicted molar refractivity (Wildman–Crippen MR) is 223 cm³/mol. The largest absolute Gasteiger partial charge is 0.208 e. The van der Waals surface area contributed by atoms with E-state index in [9.17, 15) is 0 Å². The minimum absolute atomic E-state index is 0.617. The van der Waals surface area contributed by atoms with Crippen molar-refractivity contribution in [3.05, 3.63) is 212 Å². The molecule has 0 N–H and O–H groups in total. The molecule has 8 aromatic carbocycles. The standard InChI is InChI=1S/C51H35N3/c1-5-15-36(16-6-1)38-25-29-40(30-26-38)44-33-45(41-31-27-39(28-32-41)37-17-7-2-8-18-37)35-46(34-44)50-52-49(43-21-11-4-12-22-43)53-51(54-50)48-24-14-13-23-47(48)42-19-9-3-10-20-42/h1-35H. The molecule has 9 aromatic rings. The zero-order chi connectivity index (χ0) is 36.1. The van der Waals surface area contributed by atoms with Gasteiger partial charge in [0, 0.05) is 16.7 Å². The fourth-order valence-electron chi connectivity index (χ4n) is 6.95. The van der Waals surface area contributed by atoms with Gasteiger partial charge < -0.3 is 0 Å². The van der Waals surface area contributed by atoms with Crippen LogP contribution in [-0.4, -0.2) is 15.0 Å². The maximum absolute atomic E-state index is 5.24. The van der Waals surface area contributed by atoms with Crippen LogP contribution < -0.4 is 0 Å². The Labute approximate surface area is 316 Å². The van der Waals surface area contributed by atoms with E-state index in [1.54, 1.807) is 0 Å². The van der Waals surface area contributed by atoms with E-state index in [1.165, 1.54) is 22.3 Å². The molecule has 0 atom stereocenters. The van der Waals surface area contributed by atoms with Gasteiger partial charge in [-0.25, -0.2) is 15.0 Å². The lowest BCUT2D eigenvalue weighted by molar-refractivity contribution is 1.07. The van der Waals surface area contributed by atoms with Crippen molar-refractivity contribution in [1.82, 2.24) is 15.0 Å². The summed E-state index contributed by atoms with van der Waals surface area (Å²) in [4.78, 5) is 15.5. The molecule has 3 heteroatoms. The summed E-state index contributed by atoms with van der Waals surface area (Å²) in [6, 6.07) is 74.2. The molecule has 0 unspecified atom stereocenters. The Morgan fingerprint density at radius 3 is 0.944 bits per heavy atom. The highest BCUT2D eigenvalue weighted by Gasteiger charge is 2.17. The summed E-state index contributed by atoms with van der Waals surface area (Å²) in [7, 11) is 0. The molecule has 0 aliphatic carbocycles. The topological polar surface area (TPSA) is 38.7 Å². The summed E-state index contributed by atoms with van der Waals surface area (Å²) >= 11 is 0. The van der Waals surface area contributed by atoms with Gasteiger partial charge >= 0.3 is 0 Å². The van der Waals surface area contributed by atoms with Crippen molar-refractivity contribution in [1.29, 1.82) is 0 Å². The van der Waals surface area contributed by atoms with E-state index in [-0.39, 0.29) is 0 Å². The van der Waals surface area contributed by atoms with Crippen LogP contribution in [0.5, 0.6) is 0 Å². The first-order valence-electron chi connectivity index (χ1n) is 18.2. The Balaban J connectivity index is 1.22.